The zero-order valence-electron chi connectivity index (χ0n) is 15.3. The zero-order valence-corrected chi connectivity index (χ0v) is 16.1. The van der Waals surface area contributed by atoms with Crippen LogP contribution >= 0.6 is 11.8 Å². The molecule has 23 heavy (non-hydrogen) atoms. The van der Waals surface area contributed by atoms with Crippen LogP contribution in [0.15, 0.2) is 0 Å². The van der Waals surface area contributed by atoms with Gasteiger partial charge in [0.25, 0.3) is 0 Å². The molecular formula is C17H33NO4S. The molecule has 0 saturated carbocycles. The summed E-state index contributed by atoms with van der Waals surface area (Å²) in [5.74, 6) is 0.401. The van der Waals surface area contributed by atoms with Gasteiger partial charge in [-0.3, -0.25) is 0 Å². The van der Waals surface area contributed by atoms with Gasteiger partial charge in [0.05, 0.1) is 13.2 Å². The van der Waals surface area contributed by atoms with Crippen molar-refractivity contribution in [1.29, 1.82) is 0 Å². The Hall–Kier alpha value is -0.910. The molecule has 0 aromatic rings. The zero-order chi connectivity index (χ0) is 17.7. The number of hydrogen-bond donors (Lipinski definition) is 1. The summed E-state index contributed by atoms with van der Waals surface area (Å²) in [6.07, 6.45) is 6.15. The number of ether oxygens (including phenoxy) is 2. The molecule has 1 N–H and O–H groups in total. The third kappa shape index (κ3) is 13.2. The third-order valence-corrected chi connectivity index (χ3v) is 3.71. The summed E-state index contributed by atoms with van der Waals surface area (Å²) >= 11 is 1.63. The van der Waals surface area contributed by atoms with Crippen molar-refractivity contribution < 1.29 is 19.1 Å². The lowest BCUT2D eigenvalue weighted by molar-refractivity contribution is -0.146. The van der Waals surface area contributed by atoms with Gasteiger partial charge >= 0.3 is 12.1 Å². The van der Waals surface area contributed by atoms with Gasteiger partial charge in [0.15, 0.2) is 0 Å². The average molecular weight is 348 g/mol. The highest BCUT2D eigenvalue weighted by Crippen LogP contribution is 2.13. The molecule has 0 aliphatic heterocycles. The largest absolute Gasteiger partial charge is 0.464 e. The second-order valence-corrected chi connectivity index (χ2v) is 7.83. The van der Waals surface area contributed by atoms with Gasteiger partial charge in [-0.1, -0.05) is 47.0 Å². The summed E-state index contributed by atoms with van der Waals surface area (Å²) in [5, 5.41) is 2.63. The lowest BCUT2D eigenvalue weighted by Crippen LogP contribution is -2.43. The number of rotatable bonds is 11. The van der Waals surface area contributed by atoms with Crippen molar-refractivity contribution in [2.45, 2.75) is 65.8 Å². The topological polar surface area (TPSA) is 64.6 Å². The van der Waals surface area contributed by atoms with Crippen molar-refractivity contribution in [3.8, 4) is 0 Å². The second kappa shape index (κ2) is 12.5. The number of carbonyl (C=O) groups is 2. The average Bonchev–Trinajstić information content (AvgIpc) is 2.48. The lowest BCUT2D eigenvalue weighted by atomic mass is 9.99. The number of hydrogen-bond acceptors (Lipinski definition) is 5. The molecule has 0 bridgehead atoms. The Kier molecular flexibility index (Phi) is 12.0. The molecule has 0 aliphatic carbocycles. The first-order chi connectivity index (χ1) is 10.8. The van der Waals surface area contributed by atoms with Crippen LogP contribution in [0.4, 0.5) is 4.79 Å². The fourth-order valence-corrected chi connectivity index (χ4v) is 2.22. The number of alkyl carbamates (subject to hydrolysis) is 1. The standard InChI is InChI=1S/C17H33NO4S/c1-6-7-8-9-11-21-15(19)14(10-12-23-5)18-16(20)22-13-17(2,3)4/h14H,6-13H2,1-5H3,(H,18,20). The first-order valence-electron chi connectivity index (χ1n) is 8.39. The van der Waals surface area contributed by atoms with E-state index in [-0.39, 0.29) is 11.4 Å². The van der Waals surface area contributed by atoms with Gasteiger partial charge in [0.1, 0.15) is 6.04 Å². The number of esters is 1. The van der Waals surface area contributed by atoms with Gasteiger partial charge in [0.2, 0.25) is 0 Å². The van der Waals surface area contributed by atoms with Crippen molar-refractivity contribution >= 4 is 23.8 Å². The minimum Gasteiger partial charge on any atom is -0.464 e. The molecule has 0 fully saturated rings. The van der Waals surface area contributed by atoms with E-state index in [4.69, 9.17) is 9.47 Å². The molecule has 0 saturated heterocycles. The van der Waals surface area contributed by atoms with Crippen LogP contribution in [0, 0.1) is 5.41 Å². The quantitative estimate of drug-likeness (QED) is 0.452. The van der Waals surface area contributed by atoms with E-state index < -0.39 is 12.1 Å². The van der Waals surface area contributed by atoms with Gasteiger partial charge in [-0.25, -0.2) is 9.59 Å². The normalized spacial score (nSPS) is 12.6. The molecule has 0 heterocycles. The van der Waals surface area contributed by atoms with Crippen LogP contribution < -0.4 is 5.32 Å². The molecule has 0 radical (unpaired) electrons. The van der Waals surface area contributed by atoms with Crippen LogP contribution in [0.1, 0.15) is 59.8 Å². The van der Waals surface area contributed by atoms with Crippen molar-refractivity contribution in [3.05, 3.63) is 0 Å². The van der Waals surface area contributed by atoms with E-state index >= 15 is 0 Å². The summed E-state index contributed by atoms with van der Waals surface area (Å²) < 4.78 is 10.4. The van der Waals surface area contributed by atoms with E-state index in [1.54, 1.807) is 11.8 Å². The van der Waals surface area contributed by atoms with Gasteiger partial charge in [0, 0.05) is 0 Å². The second-order valence-electron chi connectivity index (χ2n) is 6.84. The van der Waals surface area contributed by atoms with Gasteiger partial charge in [-0.15, -0.1) is 0 Å². The van der Waals surface area contributed by atoms with Crippen LogP contribution in [0.2, 0.25) is 0 Å². The Balaban J connectivity index is 4.27. The van der Waals surface area contributed by atoms with E-state index in [0.29, 0.717) is 19.6 Å². The molecule has 1 unspecified atom stereocenters. The monoisotopic (exact) mass is 347 g/mol. The first kappa shape index (κ1) is 22.1. The molecule has 0 aliphatic rings. The van der Waals surface area contributed by atoms with Crippen LogP contribution in [-0.2, 0) is 14.3 Å². The van der Waals surface area contributed by atoms with Crippen molar-refractivity contribution in [2.24, 2.45) is 5.41 Å². The smallest absolute Gasteiger partial charge is 0.407 e. The maximum atomic E-state index is 12.1. The van der Waals surface area contributed by atoms with E-state index in [0.717, 1.165) is 31.4 Å². The van der Waals surface area contributed by atoms with Crippen LogP contribution in [0.25, 0.3) is 0 Å². The molecular weight excluding hydrogens is 314 g/mol. The Bertz CT molecular complexity index is 342. The summed E-state index contributed by atoms with van der Waals surface area (Å²) in [4.78, 5) is 24.0. The molecule has 5 nitrogen and oxygen atoms in total. The van der Waals surface area contributed by atoms with E-state index in [2.05, 4.69) is 12.2 Å². The third-order valence-electron chi connectivity index (χ3n) is 3.07. The molecule has 1 atom stereocenters. The minimum absolute atomic E-state index is 0.105. The molecule has 6 heteroatoms. The number of amides is 1. The Morgan fingerprint density at radius 1 is 1.13 bits per heavy atom. The van der Waals surface area contributed by atoms with E-state index in [1.807, 2.05) is 27.0 Å². The maximum absolute atomic E-state index is 12.1. The first-order valence-corrected chi connectivity index (χ1v) is 9.78. The number of carbonyl (C=O) groups excluding carboxylic acids is 2. The Labute approximate surface area is 145 Å². The van der Waals surface area contributed by atoms with Crippen molar-refractivity contribution in [1.82, 2.24) is 5.32 Å². The number of nitrogens with one attached hydrogen (secondary N) is 1. The van der Waals surface area contributed by atoms with E-state index in [1.165, 1.54) is 0 Å². The number of thioether (sulfide) groups is 1. The summed E-state index contributed by atoms with van der Waals surface area (Å²) in [6, 6.07) is -0.638. The highest BCUT2D eigenvalue weighted by molar-refractivity contribution is 7.98. The van der Waals surface area contributed by atoms with Crippen LogP contribution in [-0.4, -0.2) is 43.3 Å². The summed E-state index contributed by atoms with van der Waals surface area (Å²) in [6.45, 7) is 8.80. The molecule has 0 aromatic heterocycles. The molecule has 0 rings (SSSR count). The van der Waals surface area contributed by atoms with Crippen LogP contribution in [0.5, 0.6) is 0 Å². The number of unbranched alkanes of at least 4 members (excludes halogenated alkanes) is 3. The molecule has 136 valence electrons. The minimum atomic E-state index is -0.638. The van der Waals surface area contributed by atoms with Gasteiger partial charge < -0.3 is 14.8 Å². The summed E-state index contributed by atoms with van der Waals surface area (Å²) in [7, 11) is 0. The fraction of sp³-hybridized carbons (Fsp3) is 0.882. The Morgan fingerprint density at radius 2 is 1.83 bits per heavy atom. The van der Waals surface area contributed by atoms with Crippen LogP contribution in [0.3, 0.4) is 0 Å². The highest BCUT2D eigenvalue weighted by Gasteiger charge is 2.23. The predicted octanol–water partition coefficient (Wildman–Crippen LogP) is 4.00. The predicted molar refractivity (Wildman–Crippen MR) is 95.8 cm³/mol. The highest BCUT2D eigenvalue weighted by atomic mass is 32.2. The van der Waals surface area contributed by atoms with Crippen molar-refractivity contribution in [3.63, 3.8) is 0 Å². The van der Waals surface area contributed by atoms with Gasteiger partial charge in [-0.2, -0.15) is 11.8 Å². The van der Waals surface area contributed by atoms with E-state index in [9.17, 15) is 9.59 Å². The molecule has 0 aromatic carbocycles. The summed E-state index contributed by atoms with van der Waals surface area (Å²) in [5.41, 5.74) is -0.105. The lowest BCUT2D eigenvalue weighted by Gasteiger charge is -2.21. The maximum Gasteiger partial charge on any atom is 0.407 e. The molecule has 0 spiro atoms. The fourth-order valence-electron chi connectivity index (χ4n) is 1.75. The SMILES string of the molecule is CCCCCCOC(=O)C(CCSC)NC(=O)OCC(C)(C)C. The molecule has 1 amide bonds. The van der Waals surface area contributed by atoms with Crippen molar-refractivity contribution in [2.75, 3.05) is 25.2 Å². The van der Waals surface area contributed by atoms with Gasteiger partial charge in [-0.05, 0) is 30.3 Å². The Morgan fingerprint density at radius 3 is 2.39 bits per heavy atom.